The smallest absolute Gasteiger partial charge is 0.247 e. The molecule has 35 heavy (non-hydrogen) atoms. The van der Waals surface area contributed by atoms with Crippen molar-refractivity contribution in [1.82, 2.24) is 19.8 Å². The van der Waals surface area contributed by atoms with Crippen LogP contribution in [0.2, 0.25) is 0 Å². The van der Waals surface area contributed by atoms with Gasteiger partial charge in [-0.1, -0.05) is 24.3 Å². The van der Waals surface area contributed by atoms with Gasteiger partial charge in [0.15, 0.2) is 0 Å². The predicted molar refractivity (Wildman–Crippen MR) is 133 cm³/mol. The molecule has 1 aliphatic rings. The number of anilines is 1. The average molecular weight is 474 g/mol. The monoisotopic (exact) mass is 473 g/mol. The van der Waals surface area contributed by atoms with Crippen LogP contribution in [0.5, 0.6) is 0 Å². The molecule has 0 bridgehead atoms. The van der Waals surface area contributed by atoms with Crippen molar-refractivity contribution in [2.75, 3.05) is 38.7 Å². The number of carbonyl (C=O) groups excluding carboxylic acids is 2. The number of fused-ring (bicyclic) bond motifs is 1. The van der Waals surface area contributed by atoms with Gasteiger partial charge in [0.2, 0.25) is 11.8 Å². The highest BCUT2D eigenvalue weighted by atomic mass is 16.5. The molecule has 5 N–H and O–H groups in total. The molecule has 2 aromatic carbocycles. The van der Waals surface area contributed by atoms with Gasteiger partial charge >= 0.3 is 0 Å². The number of hydrogen-bond acceptors (Lipinski definition) is 7. The van der Waals surface area contributed by atoms with E-state index in [2.05, 4.69) is 9.97 Å². The van der Waals surface area contributed by atoms with E-state index in [1.165, 1.54) is 17.3 Å². The summed E-state index contributed by atoms with van der Waals surface area (Å²) < 4.78 is 5.72. The van der Waals surface area contributed by atoms with Crippen molar-refractivity contribution in [2.45, 2.75) is 6.42 Å². The Hall–Kier alpha value is -4.31. The lowest BCUT2D eigenvalue weighted by Crippen LogP contribution is -2.52. The third-order valence-corrected chi connectivity index (χ3v) is 5.76. The van der Waals surface area contributed by atoms with Crippen LogP contribution in [0, 0.1) is 5.41 Å². The molecule has 1 aliphatic heterocycles. The van der Waals surface area contributed by atoms with Crippen LogP contribution in [0.1, 0.15) is 16.7 Å². The van der Waals surface area contributed by atoms with Crippen LogP contribution in [-0.2, 0) is 20.7 Å². The minimum Gasteiger partial charge on any atom is -0.384 e. The van der Waals surface area contributed by atoms with E-state index in [9.17, 15) is 9.59 Å². The fourth-order valence-corrected chi connectivity index (χ4v) is 3.76. The zero-order valence-corrected chi connectivity index (χ0v) is 19.2. The first-order chi connectivity index (χ1) is 16.9. The molecule has 0 spiro atoms. The molecule has 2 heterocycles. The van der Waals surface area contributed by atoms with Crippen molar-refractivity contribution in [3.63, 3.8) is 0 Å². The largest absolute Gasteiger partial charge is 0.384 e. The molecule has 1 aromatic heterocycles. The van der Waals surface area contributed by atoms with Gasteiger partial charge in [0.25, 0.3) is 0 Å². The Morgan fingerprint density at radius 2 is 2.03 bits per heavy atom. The maximum Gasteiger partial charge on any atom is 0.247 e. The molecule has 0 atom stereocenters. The molecule has 0 radical (unpaired) electrons. The van der Waals surface area contributed by atoms with Gasteiger partial charge in [0.05, 0.1) is 12.1 Å². The van der Waals surface area contributed by atoms with E-state index < -0.39 is 0 Å². The summed E-state index contributed by atoms with van der Waals surface area (Å²) in [4.78, 5) is 36.4. The Kier molecular flexibility index (Phi) is 7.32. The fraction of sp³-hybridized carbons (Fsp3) is 0.240. The number of amides is 2. The number of piperazine rings is 1. The first kappa shape index (κ1) is 23.8. The van der Waals surface area contributed by atoms with Gasteiger partial charge in [-0.25, -0.2) is 9.97 Å². The molecule has 2 amide bonds. The number of rotatable bonds is 8. The highest BCUT2D eigenvalue weighted by Crippen LogP contribution is 2.18. The Balaban J connectivity index is 1.22. The van der Waals surface area contributed by atoms with Gasteiger partial charge < -0.3 is 26.0 Å². The van der Waals surface area contributed by atoms with Crippen molar-refractivity contribution < 1.29 is 14.3 Å². The number of nitrogens with zero attached hydrogens (tertiary/aromatic N) is 4. The number of nitrogens with one attached hydrogen (secondary N) is 1. The minimum atomic E-state index is -0.243. The van der Waals surface area contributed by atoms with Crippen molar-refractivity contribution in [1.29, 1.82) is 5.41 Å². The summed E-state index contributed by atoms with van der Waals surface area (Å²) in [5.74, 6) is 0.0153. The first-order valence-electron chi connectivity index (χ1n) is 11.2. The number of nitrogen functional groups attached to an aromatic ring is 2. The molecule has 0 saturated carbocycles. The number of benzene rings is 2. The molecule has 1 saturated heterocycles. The summed E-state index contributed by atoms with van der Waals surface area (Å²) in [6.45, 7) is 1.46. The maximum atomic E-state index is 12.5. The number of hydrogen-bond donors (Lipinski definition) is 3. The van der Waals surface area contributed by atoms with Gasteiger partial charge in [-0.15, -0.1) is 0 Å². The van der Waals surface area contributed by atoms with E-state index in [1.54, 1.807) is 29.2 Å². The van der Waals surface area contributed by atoms with Crippen molar-refractivity contribution >= 4 is 40.4 Å². The summed E-state index contributed by atoms with van der Waals surface area (Å²) in [5.41, 5.74) is 14.5. The summed E-state index contributed by atoms with van der Waals surface area (Å²) >= 11 is 0. The Bertz CT molecular complexity index is 1290. The van der Waals surface area contributed by atoms with E-state index in [1.807, 2.05) is 24.3 Å². The van der Waals surface area contributed by atoms with Gasteiger partial charge in [-0.2, -0.15) is 0 Å². The second-order valence-electron chi connectivity index (χ2n) is 8.19. The number of ether oxygens (including phenoxy) is 1. The normalized spacial score (nSPS) is 14.1. The minimum absolute atomic E-state index is 0.00577. The maximum absolute atomic E-state index is 12.5. The molecule has 180 valence electrons. The van der Waals surface area contributed by atoms with E-state index in [4.69, 9.17) is 21.6 Å². The number of aromatic nitrogens is 2. The van der Waals surface area contributed by atoms with Crippen molar-refractivity contribution in [2.24, 2.45) is 5.73 Å². The van der Waals surface area contributed by atoms with Crippen LogP contribution in [0.25, 0.3) is 17.0 Å². The second-order valence-corrected chi connectivity index (χ2v) is 8.19. The Morgan fingerprint density at radius 1 is 1.17 bits per heavy atom. The second kappa shape index (κ2) is 10.7. The van der Waals surface area contributed by atoms with Crippen LogP contribution in [0.15, 0.2) is 54.9 Å². The molecule has 3 aromatic rings. The van der Waals surface area contributed by atoms with Crippen LogP contribution < -0.4 is 11.5 Å². The van der Waals surface area contributed by atoms with Crippen molar-refractivity contribution in [3.8, 4) is 0 Å². The lowest BCUT2D eigenvalue weighted by atomic mass is 10.1. The Labute approximate surface area is 202 Å². The fourth-order valence-electron chi connectivity index (χ4n) is 3.76. The molecular weight excluding hydrogens is 446 g/mol. The summed E-state index contributed by atoms with van der Waals surface area (Å²) in [5, 5.41) is 8.32. The zero-order valence-electron chi connectivity index (χ0n) is 19.2. The number of carbonyl (C=O) groups is 2. The van der Waals surface area contributed by atoms with E-state index >= 15 is 0 Å². The zero-order chi connectivity index (χ0) is 24.8. The first-order valence-corrected chi connectivity index (χ1v) is 11.2. The van der Waals surface area contributed by atoms with Gasteiger partial charge in [-0.05, 0) is 41.8 Å². The molecule has 10 nitrogen and oxygen atoms in total. The summed E-state index contributed by atoms with van der Waals surface area (Å²) in [6.07, 6.45) is 5.19. The third-order valence-electron chi connectivity index (χ3n) is 5.76. The van der Waals surface area contributed by atoms with E-state index in [0.29, 0.717) is 37.5 Å². The topological polar surface area (TPSA) is 152 Å². The molecular formula is C25H27N7O3. The standard InChI is InChI=1S/C25H27N7O3/c26-24(27)19-3-1-2-17(12-19)5-7-22(33)31-9-10-32(23(34)14-31)16-35-11-8-18-4-6-20-21(13-18)29-15-30-25(20)28/h1-7,12-13,15H,8-11,14,16H2,(H3,26,27)(H2,28,29,30)/b7-5-. The SMILES string of the molecule is N=C(N)c1cccc(/C=C\C(=O)N2CCN(COCCc3ccc4c(N)ncnc4c3)C(=O)C2)c1. The lowest BCUT2D eigenvalue weighted by molar-refractivity contribution is -0.147. The molecule has 0 unspecified atom stereocenters. The third kappa shape index (κ3) is 5.98. The molecule has 1 fully saturated rings. The van der Waals surface area contributed by atoms with E-state index in [0.717, 1.165) is 22.0 Å². The number of nitrogens with two attached hydrogens (primary N) is 2. The van der Waals surface area contributed by atoms with Gasteiger partial charge in [-0.3, -0.25) is 15.0 Å². The van der Waals surface area contributed by atoms with Crippen LogP contribution in [0.4, 0.5) is 5.82 Å². The quantitative estimate of drug-likeness (QED) is 0.193. The van der Waals surface area contributed by atoms with Crippen molar-refractivity contribution in [3.05, 3.63) is 71.6 Å². The predicted octanol–water partition coefficient (Wildman–Crippen LogP) is 1.40. The highest BCUT2D eigenvalue weighted by molar-refractivity contribution is 5.97. The van der Waals surface area contributed by atoms with Gasteiger partial charge in [0.1, 0.15) is 31.3 Å². The molecule has 0 aliphatic carbocycles. The average Bonchev–Trinajstić information content (AvgIpc) is 2.86. The van der Waals surface area contributed by atoms with Crippen LogP contribution >= 0.6 is 0 Å². The summed E-state index contributed by atoms with van der Waals surface area (Å²) in [6, 6.07) is 12.9. The lowest BCUT2D eigenvalue weighted by Gasteiger charge is -2.33. The van der Waals surface area contributed by atoms with E-state index in [-0.39, 0.29) is 30.9 Å². The number of amidine groups is 1. The van der Waals surface area contributed by atoms with Gasteiger partial charge in [0, 0.05) is 30.1 Å². The van der Waals surface area contributed by atoms with Crippen LogP contribution in [-0.4, -0.2) is 70.4 Å². The van der Waals surface area contributed by atoms with Crippen LogP contribution in [0.3, 0.4) is 0 Å². The Morgan fingerprint density at radius 3 is 2.83 bits per heavy atom. The summed E-state index contributed by atoms with van der Waals surface area (Å²) in [7, 11) is 0. The molecule has 10 heteroatoms. The highest BCUT2D eigenvalue weighted by Gasteiger charge is 2.26. The molecule has 4 rings (SSSR count).